The Hall–Kier alpha value is -1.53. The highest BCUT2D eigenvalue weighted by Crippen LogP contribution is 2.32. The predicted octanol–water partition coefficient (Wildman–Crippen LogP) is 3.48. The minimum Gasteiger partial charge on any atom is -0.384 e. The molecule has 0 aliphatic heterocycles. The van der Waals surface area contributed by atoms with E-state index in [9.17, 15) is 13.2 Å². The number of nitrogens with two attached hydrogens (primary N) is 1. The van der Waals surface area contributed by atoms with Gasteiger partial charge >= 0.3 is 6.18 Å². The second-order valence-electron chi connectivity index (χ2n) is 5.96. The number of alkyl halides is 3. The van der Waals surface area contributed by atoms with Gasteiger partial charge in [0.25, 0.3) is 0 Å². The van der Waals surface area contributed by atoms with Gasteiger partial charge in [-0.05, 0) is 18.8 Å². The topological polar surface area (TPSA) is 55.0 Å². The molecule has 0 amide bonds. The number of aromatic nitrogens is 2. The Morgan fingerprint density at radius 3 is 2.43 bits per heavy atom. The van der Waals surface area contributed by atoms with Crippen molar-refractivity contribution >= 4 is 11.6 Å². The fourth-order valence-electron chi connectivity index (χ4n) is 2.77. The summed E-state index contributed by atoms with van der Waals surface area (Å²) in [6, 6.07) is 1.68. The van der Waals surface area contributed by atoms with E-state index in [1.165, 1.54) is 6.07 Å². The Morgan fingerprint density at radius 1 is 1.29 bits per heavy atom. The molecule has 0 atom stereocenters. The third kappa shape index (κ3) is 3.98. The first-order valence-electron chi connectivity index (χ1n) is 7.25. The summed E-state index contributed by atoms with van der Waals surface area (Å²) in [5, 5.41) is 0. The number of anilines is 2. The monoisotopic (exact) mass is 302 g/mol. The van der Waals surface area contributed by atoms with E-state index in [2.05, 4.69) is 9.97 Å². The van der Waals surface area contributed by atoms with Gasteiger partial charge in [0.2, 0.25) is 5.82 Å². The Labute approximate surface area is 122 Å². The van der Waals surface area contributed by atoms with Gasteiger partial charge < -0.3 is 10.6 Å². The maximum Gasteiger partial charge on any atom is 0.451 e. The van der Waals surface area contributed by atoms with Crippen molar-refractivity contribution in [1.29, 1.82) is 0 Å². The molecule has 0 unspecified atom stereocenters. The smallest absolute Gasteiger partial charge is 0.384 e. The van der Waals surface area contributed by atoms with Gasteiger partial charge in [0.15, 0.2) is 0 Å². The van der Waals surface area contributed by atoms with Gasteiger partial charge in [-0.15, -0.1) is 0 Å². The second-order valence-corrected chi connectivity index (χ2v) is 5.96. The molecule has 1 saturated carbocycles. The van der Waals surface area contributed by atoms with Crippen LogP contribution in [0.2, 0.25) is 0 Å². The van der Waals surface area contributed by atoms with E-state index >= 15 is 0 Å². The summed E-state index contributed by atoms with van der Waals surface area (Å²) in [5.41, 5.74) is 5.55. The molecule has 1 aromatic heterocycles. The Morgan fingerprint density at radius 2 is 1.90 bits per heavy atom. The standard InChI is InChI=1S/C14H21F3N4/c1-9(2)8-21(10-5-3-4-6-10)12-7-11(18)19-13(20-12)14(15,16)17/h7,9-10H,3-6,8H2,1-2H3,(H2,18,19,20). The molecule has 2 rings (SSSR count). The minimum atomic E-state index is -4.58. The number of hydrogen-bond acceptors (Lipinski definition) is 4. The summed E-state index contributed by atoms with van der Waals surface area (Å²) >= 11 is 0. The Bertz CT molecular complexity index is 482. The van der Waals surface area contributed by atoms with Crippen LogP contribution in [0.25, 0.3) is 0 Å². The lowest BCUT2D eigenvalue weighted by atomic mass is 10.1. The van der Waals surface area contributed by atoms with Crippen LogP contribution in [0.15, 0.2) is 6.07 Å². The third-order valence-corrected chi connectivity index (χ3v) is 3.61. The molecule has 0 aromatic carbocycles. The molecule has 0 radical (unpaired) electrons. The van der Waals surface area contributed by atoms with Crippen LogP contribution in [0, 0.1) is 5.92 Å². The lowest BCUT2D eigenvalue weighted by Gasteiger charge is -2.32. The van der Waals surface area contributed by atoms with Gasteiger partial charge in [-0.2, -0.15) is 13.2 Å². The van der Waals surface area contributed by atoms with Crippen molar-refractivity contribution in [3.05, 3.63) is 11.9 Å². The molecule has 1 aromatic rings. The zero-order valence-electron chi connectivity index (χ0n) is 12.3. The van der Waals surface area contributed by atoms with Crippen LogP contribution in [0.5, 0.6) is 0 Å². The number of halogens is 3. The van der Waals surface area contributed by atoms with Crippen LogP contribution in [0.3, 0.4) is 0 Å². The predicted molar refractivity (Wildman–Crippen MR) is 75.9 cm³/mol. The summed E-state index contributed by atoms with van der Waals surface area (Å²) < 4.78 is 38.6. The van der Waals surface area contributed by atoms with Crippen molar-refractivity contribution in [2.45, 2.75) is 51.7 Å². The Kier molecular flexibility index (Phi) is 4.58. The maximum absolute atomic E-state index is 12.9. The van der Waals surface area contributed by atoms with E-state index in [-0.39, 0.29) is 17.7 Å². The average Bonchev–Trinajstić information content (AvgIpc) is 2.87. The van der Waals surface area contributed by atoms with Gasteiger partial charge in [0, 0.05) is 18.7 Å². The summed E-state index contributed by atoms with van der Waals surface area (Å²) in [4.78, 5) is 8.98. The molecule has 2 N–H and O–H groups in total. The molecular weight excluding hydrogens is 281 g/mol. The highest BCUT2D eigenvalue weighted by Gasteiger charge is 2.36. The van der Waals surface area contributed by atoms with Gasteiger partial charge in [-0.1, -0.05) is 26.7 Å². The number of hydrogen-bond donors (Lipinski definition) is 1. The quantitative estimate of drug-likeness (QED) is 0.925. The van der Waals surface area contributed by atoms with Crippen molar-refractivity contribution < 1.29 is 13.2 Å². The van der Waals surface area contributed by atoms with Crippen molar-refractivity contribution in [2.75, 3.05) is 17.2 Å². The first kappa shape index (κ1) is 15.9. The molecule has 21 heavy (non-hydrogen) atoms. The lowest BCUT2D eigenvalue weighted by Crippen LogP contribution is -2.37. The maximum atomic E-state index is 12.9. The molecule has 0 bridgehead atoms. The second kappa shape index (κ2) is 6.07. The first-order valence-corrected chi connectivity index (χ1v) is 7.25. The highest BCUT2D eigenvalue weighted by molar-refractivity contribution is 5.48. The van der Waals surface area contributed by atoms with Crippen LogP contribution in [0.4, 0.5) is 24.8 Å². The minimum absolute atomic E-state index is 0.140. The molecule has 4 nitrogen and oxygen atoms in total. The highest BCUT2D eigenvalue weighted by atomic mass is 19.4. The van der Waals surface area contributed by atoms with Crippen molar-refractivity contribution in [1.82, 2.24) is 9.97 Å². The normalized spacial score (nSPS) is 16.7. The van der Waals surface area contributed by atoms with Gasteiger partial charge in [0.05, 0.1) is 0 Å². The van der Waals surface area contributed by atoms with Gasteiger partial charge in [-0.3, -0.25) is 0 Å². The van der Waals surface area contributed by atoms with E-state index in [1.54, 1.807) is 0 Å². The number of nitrogen functional groups attached to an aromatic ring is 1. The SMILES string of the molecule is CC(C)CN(c1cc(N)nc(C(F)(F)F)n1)C1CCCC1. The number of rotatable bonds is 4. The molecule has 7 heteroatoms. The van der Waals surface area contributed by atoms with Crippen LogP contribution in [-0.4, -0.2) is 22.6 Å². The van der Waals surface area contributed by atoms with Gasteiger partial charge in [0.1, 0.15) is 11.6 Å². The van der Waals surface area contributed by atoms with E-state index in [0.717, 1.165) is 25.7 Å². The third-order valence-electron chi connectivity index (χ3n) is 3.61. The van der Waals surface area contributed by atoms with E-state index in [1.807, 2.05) is 18.7 Å². The first-order chi connectivity index (χ1) is 9.77. The van der Waals surface area contributed by atoms with Crippen molar-refractivity contribution in [3.63, 3.8) is 0 Å². The molecule has 1 heterocycles. The van der Waals surface area contributed by atoms with Crippen molar-refractivity contribution in [3.8, 4) is 0 Å². The largest absolute Gasteiger partial charge is 0.451 e. The van der Waals surface area contributed by atoms with E-state index in [0.29, 0.717) is 12.5 Å². The van der Waals surface area contributed by atoms with Crippen LogP contribution in [-0.2, 0) is 6.18 Å². The van der Waals surface area contributed by atoms with E-state index < -0.39 is 12.0 Å². The molecule has 1 aliphatic carbocycles. The summed E-state index contributed by atoms with van der Waals surface area (Å²) in [5.74, 6) is -0.685. The van der Waals surface area contributed by atoms with E-state index in [4.69, 9.17) is 5.73 Å². The zero-order valence-corrected chi connectivity index (χ0v) is 12.3. The average molecular weight is 302 g/mol. The summed E-state index contributed by atoms with van der Waals surface area (Å²) in [6.45, 7) is 4.74. The summed E-state index contributed by atoms with van der Waals surface area (Å²) in [7, 11) is 0. The molecule has 1 fully saturated rings. The number of nitrogens with zero attached hydrogens (tertiary/aromatic N) is 3. The summed E-state index contributed by atoms with van der Waals surface area (Å²) in [6.07, 6.45) is -0.406. The lowest BCUT2D eigenvalue weighted by molar-refractivity contribution is -0.144. The van der Waals surface area contributed by atoms with Gasteiger partial charge in [-0.25, -0.2) is 9.97 Å². The molecule has 1 aliphatic rings. The fraction of sp³-hybridized carbons (Fsp3) is 0.714. The molecule has 0 saturated heterocycles. The van der Waals surface area contributed by atoms with Crippen LogP contribution in [0.1, 0.15) is 45.4 Å². The molecule has 118 valence electrons. The molecular formula is C14H21F3N4. The van der Waals surface area contributed by atoms with Crippen molar-refractivity contribution in [2.24, 2.45) is 5.92 Å². The Balaban J connectivity index is 2.36. The molecule has 0 spiro atoms. The van der Waals surface area contributed by atoms with Crippen LogP contribution < -0.4 is 10.6 Å². The fourth-order valence-corrected chi connectivity index (χ4v) is 2.77. The van der Waals surface area contributed by atoms with Crippen LogP contribution >= 0.6 is 0 Å². The zero-order chi connectivity index (χ0) is 15.6.